The molecule has 0 aromatic carbocycles. The van der Waals surface area contributed by atoms with E-state index in [2.05, 4.69) is 23.7 Å². The molecule has 0 bridgehead atoms. The van der Waals surface area contributed by atoms with Crippen LogP contribution in [0.5, 0.6) is 0 Å². The summed E-state index contributed by atoms with van der Waals surface area (Å²) >= 11 is 4.57. The van der Waals surface area contributed by atoms with Gasteiger partial charge in [0, 0.05) is 6.20 Å². The van der Waals surface area contributed by atoms with Gasteiger partial charge >= 0.3 is 12.4 Å². The Balaban J connectivity index is 1.88. The van der Waals surface area contributed by atoms with Crippen LogP contribution in [0.2, 0.25) is 0 Å². The van der Waals surface area contributed by atoms with Gasteiger partial charge in [-0.25, -0.2) is 4.79 Å². The molecular formula is C25H46N3O7PS. The third-order valence-corrected chi connectivity index (χ3v) is 7.83. The quantitative estimate of drug-likeness (QED) is 0.124. The molecule has 1 aliphatic rings. The number of nitrogens with zero attached hydrogens (tertiary/aromatic N) is 2. The summed E-state index contributed by atoms with van der Waals surface area (Å²) in [6.45, 7) is -2.51. The summed E-state index contributed by atoms with van der Waals surface area (Å²) in [7, 11) is 0. The number of nitrogen functional groups attached to an aromatic ring is 1. The molecule has 1 saturated heterocycles. The first kappa shape index (κ1) is 32.3. The molecule has 1 aliphatic heterocycles. The molecule has 2 rings (SSSR count). The van der Waals surface area contributed by atoms with E-state index >= 15 is 0 Å². The first-order valence-electron chi connectivity index (χ1n) is 13.7. The minimum atomic E-state index is -4.17. The van der Waals surface area contributed by atoms with E-state index in [9.17, 15) is 24.8 Å². The second-order valence-electron chi connectivity index (χ2n) is 10.0. The average molecular weight is 564 g/mol. The Morgan fingerprint density at radius 2 is 1.57 bits per heavy atom. The SMILES string of the molecule is CCCCCCCCCCCCCCCC[C@@]1(n2ccc(N)nc2=O)O[C@H](CO)[C@@H](OP(O)(O)=S)[C@H]1O. The van der Waals surface area contributed by atoms with E-state index in [0.29, 0.717) is 6.42 Å². The monoisotopic (exact) mass is 563 g/mol. The number of anilines is 1. The van der Waals surface area contributed by atoms with E-state index in [1.54, 1.807) is 0 Å². The van der Waals surface area contributed by atoms with E-state index in [1.807, 2.05) is 0 Å². The van der Waals surface area contributed by atoms with Crippen LogP contribution in [-0.2, 0) is 26.8 Å². The number of unbranched alkanes of at least 4 members (excludes halogenated alkanes) is 13. The molecule has 0 radical (unpaired) electrons. The van der Waals surface area contributed by atoms with Gasteiger partial charge in [0.25, 0.3) is 0 Å². The molecule has 0 aliphatic carbocycles. The predicted molar refractivity (Wildman–Crippen MR) is 147 cm³/mol. The Labute approximate surface area is 225 Å². The second kappa shape index (κ2) is 16.3. The zero-order valence-electron chi connectivity index (χ0n) is 22.0. The molecule has 37 heavy (non-hydrogen) atoms. The molecule has 214 valence electrons. The molecule has 10 nitrogen and oxygen atoms in total. The lowest BCUT2D eigenvalue weighted by Crippen LogP contribution is -2.51. The molecule has 1 fully saturated rings. The molecule has 2 heterocycles. The standard InChI is InChI=1S/C25H46N3O7PS/c1-2-3-4-5-6-7-8-9-10-11-12-13-14-15-17-25(28-18-16-21(26)27-24(28)31)23(30)22(20(19-29)34-25)35-36(32,33)37/h16,18,20,22-23,29-30H,2-15,17,19H2,1H3,(H2,26,27,31)(H2,32,33,37)/t20-,22-,23-,25-/m1/s1. The van der Waals surface area contributed by atoms with Crippen LogP contribution >= 0.6 is 6.72 Å². The van der Waals surface area contributed by atoms with Crippen LogP contribution in [0.4, 0.5) is 5.82 Å². The fourth-order valence-corrected chi connectivity index (χ4v) is 5.95. The van der Waals surface area contributed by atoms with Crippen molar-refractivity contribution in [3.63, 3.8) is 0 Å². The van der Waals surface area contributed by atoms with Crippen LogP contribution < -0.4 is 11.4 Å². The number of nitrogens with two attached hydrogens (primary N) is 1. The fourth-order valence-electron chi connectivity index (χ4n) is 5.09. The van der Waals surface area contributed by atoms with Crippen molar-refractivity contribution in [1.82, 2.24) is 9.55 Å². The minimum absolute atomic E-state index is 0.0214. The van der Waals surface area contributed by atoms with Crippen LogP contribution in [-0.4, -0.2) is 54.5 Å². The van der Waals surface area contributed by atoms with Crippen molar-refractivity contribution in [3.05, 3.63) is 22.7 Å². The van der Waals surface area contributed by atoms with Crippen molar-refractivity contribution in [3.8, 4) is 0 Å². The Bertz CT molecular complexity index is 899. The summed E-state index contributed by atoms with van der Waals surface area (Å²) in [4.78, 5) is 35.7. The van der Waals surface area contributed by atoms with Crippen molar-refractivity contribution in [2.24, 2.45) is 0 Å². The van der Waals surface area contributed by atoms with E-state index < -0.39 is 43.1 Å². The molecule has 0 saturated carbocycles. The smallest absolute Gasteiger partial charge is 0.351 e. The van der Waals surface area contributed by atoms with Gasteiger partial charge < -0.3 is 30.5 Å². The summed E-state index contributed by atoms with van der Waals surface area (Å²) in [5.41, 5.74) is 3.29. The molecule has 1 aromatic heterocycles. The van der Waals surface area contributed by atoms with Crippen LogP contribution in [0.25, 0.3) is 0 Å². The normalized spacial score (nSPS) is 24.1. The van der Waals surface area contributed by atoms with Gasteiger partial charge in [-0.3, -0.25) is 9.09 Å². The van der Waals surface area contributed by atoms with Crippen LogP contribution in [0, 0.1) is 0 Å². The van der Waals surface area contributed by atoms with Gasteiger partial charge in [-0.05, 0) is 30.7 Å². The van der Waals surface area contributed by atoms with E-state index in [0.717, 1.165) is 23.8 Å². The minimum Gasteiger partial charge on any atom is -0.394 e. The summed E-state index contributed by atoms with van der Waals surface area (Å²) in [5.74, 6) is 0.0214. The third kappa shape index (κ3) is 10.3. The van der Waals surface area contributed by atoms with Crippen LogP contribution in [0.15, 0.2) is 17.1 Å². The van der Waals surface area contributed by atoms with Crippen LogP contribution in [0.3, 0.4) is 0 Å². The van der Waals surface area contributed by atoms with Gasteiger partial charge in [0.2, 0.25) is 0 Å². The number of rotatable bonds is 19. The van der Waals surface area contributed by atoms with Crippen molar-refractivity contribution in [1.29, 1.82) is 0 Å². The molecule has 12 heteroatoms. The lowest BCUT2D eigenvalue weighted by molar-refractivity contribution is -0.156. The molecule has 0 amide bonds. The zero-order chi connectivity index (χ0) is 27.3. The third-order valence-electron chi connectivity index (χ3n) is 7.06. The molecular weight excluding hydrogens is 517 g/mol. The summed E-state index contributed by atoms with van der Waals surface area (Å²) in [6, 6.07) is 1.41. The van der Waals surface area contributed by atoms with Gasteiger partial charge in [0.15, 0.2) is 5.72 Å². The van der Waals surface area contributed by atoms with Gasteiger partial charge in [0.05, 0.1) is 6.61 Å². The summed E-state index contributed by atoms with van der Waals surface area (Å²) in [5, 5.41) is 21.0. The first-order chi connectivity index (χ1) is 17.6. The fraction of sp³-hybridized carbons (Fsp3) is 0.840. The Morgan fingerprint density at radius 3 is 2.03 bits per heavy atom. The molecule has 1 aromatic rings. The molecule has 0 unspecified atom stereocenters. The van der Waals surface area contributed by atoms with E-state index in [-0.39, 0.29) is 12.2 Å². The second-order valence-corrected chi connectivity index (χ2v) is 12.7. The highest BCUT2D eigenvalue weighted by Crippen LogP contribution is 2.47. The largest absolute Gasteiger partial charge is 0.394 e. The highest BCUT2D eigenvalue weighted by atomic mass is 32.5. The summed E-state index contributed by atoms with van der Waals surface area (Å²) < 4.78 is 12.3. The van der Waals surface area contributed by atoms with Crippen molar-refractivity contribution in [2.45, 2.75) is 127 Å². The van der Waals surface area contributed by atoms with E-state index in [4.69, 9.17) is 15.0 Å². The van der Waals surface area contributed by atoms with E-state index in [1.165, 1.54) is 76.5 Å². The molecule has 6 N–H and O–H groups in total. The zero-order valence-corrected chi connectivity index (χ0v) is 23.8. The van der Waals surface area contributed by atoms with Crippen molar-refractivity contribution < 1.29 is 29.3 Å². The number of aromatic nitrogens is 2. The van der Waals surface area contributed by atoms with Gasteiger partial charge in [-0.2, -0.15) is 4.98 Å². The number of ether oxygens (including phenoxy) is 1. The Kier molecular flexibility index (Phi) is 14.2. The lowest BCUT2D eigenvalue weighted by Gasteiger charge is -2.34. The molecule has 4 atom stereocenters. The van der Waals surface area contributed by atoms with Gasteiger partial charge in [0.1, 0.15) is 24.1 Å². The van der Waals surface area contributed by atoms with Gasteiger partial charge in [-0.15, -0.1) is 0 Å². The number of aliphatic hydroxyl groups is 2. The first-order valence-corrected chi connectivity index (χ1v) is 16.3. The Hall–Kier alpha value is -0.910. The highest BCUT2D eigenvalue weighted by molar-refractivity contribution is 8.06. The van der Waals surface area contributed by atoms with Crippen molar-refractivity contribution in [2.75, 3.05) is 12.3 Å². The lowest BCUT2D eigenvalue weighted by atomic mass is 9.95. The van der Waals surface area contributed by atoms with Crippen molar-refractivity contribution >= 4 is 24.3 Å². The van der Waals surface area contributed by atoms with Gasteiger partial charge in [-0.1, -0.05) is 90.4 Å². The Morgan fingerprint density at radius 1 is 1.05 bits per heavy atom. The summed E-state index contributed by atoms with van der Waals surface area (Å²) in [6.07, 6.45) is 14.3. The van der Waals surface area contributed by atoms with Crippen LogP contribution in [0.1, 0.15) is 103 Å². The number of hydrogen-bond acceptors (Lipinski definition) is 8. The maximum Gasteiger partial charge on any atom is 0.351 e. The maximum atomic E-state index is 12.7. The highest BCUT2D eigenvalue weighted by Gasteiger charge is 2.57. The average Bonchev–Trinajstić information content (AvgIpc) is 3.09. The topological polar surface area (TPSA) is 160 Å². The predicted octanol–water partition coefficient (Wildman–Crippen LogP) is 3.70. The number of hydrogen-bond donors (Lipinski definition) is 5. The number of aliphatic hydroxyl groups excluding tert-OH is 2. The maximum absolute atomic E-state index is 12.7. The molecule has 0 spiro atoms.